The molecule has 2 aliphatic heterocycles. The van der Waals surface area contributed by atoms with Gasteiger partial charge in [0.15, 0.2) is 0 Å². The van der Waals surface area contributed by atoms with Crippen LogP contribution in [0.3, 0.4) is 0 Å². The minimum Gasteiger partial charge on any atom is -0.368 e. The molecule has 1 saturated heterocycles. The van der Waals surface area contributed by atoms with Crippen molar-refractivity contribution in [3.8, 4) is 0 Å². The Bertz CT molecular complexity index is 1430. The van der Waals surface area contributed by atoms with E-state index in [9.17, 15) is 0 Å². The molecule has 0 spiro atoms. The average molecular weight is 673 g/mol. The van der Waals surface area contributed by atoms with Gasteiger partial charge in [-0.05, 0) is 163 Å². The van der Waals surface area contributed by atoms with Crippen molar-refractivity contribution in [3.05, 3.63) is 71.0 Å². The van der Waals surface area contributed by atoms with Gasteiger partial charge in [-0.25, -0.2) is 0 Å². The van der Waals surface area contributed by atoms with Gasteiger partial charge in [0.05, 0.1) is 0 Å². The van der Waals surface area contributed by atoms with Crippen LogP contribution in [0.15, 0.2) is 71.0 Å². The molecule has 270 valence electrons. The van der Waals surface area contributed by atoms with Crippen molar-refractivity contribution in [3.63, 3.8) is 0 Å². The normalized spacial score (nSPS) is 43.6. The molecule has 0 aromatic carbocycles. The first-order valence-electron chi connectivity index (χ1n) is 22.4. The Balaban J connectivity index is 0.911. The SMILES string of the molecule is C1=CCC(C2C=C(C3CCCCC3)CC(N3C4=C(CC(C5CC=C6C7CCCCC7N(C7CC=CCC7)C6C5)CC4)C4C=CCCC43)C2)CC1. The van der Waals surface area contributed by atoms with Gasteiger partial charge in [-0.2, -0.15) is 0 Å². The summed E-state index contributed by atoms with van der Waals surface area (Å²) < 4.78 is 0. The summed E-state index contributed by atoms with van der Waals surface area (Å²) in [5.41, 5.74) is 7.62. The van der Waals surface area contributed by atoms with Gasteiger partial charge in [0, 0.05) is 41.8 Å². The van der Waals surface area contributed by atoms with E-state index < -0.39 is 0 Å². The second kappa shape index (κ2) is 14.2. The van der Waals surface area contributed by atoms with E-state index in [1.54, 1.807) is 0 Å². The quantitative estimate of drug-likeness (QED) is 0.268. The molecular formula is C48H68N2. The molecule has 2 heteroatoms. The molecule has 0 bridgehead atoms. The summed E-state index contributed by atoms with van der Waals surface area (Å²) in [6.45, 7) is 0. The van der Waals surface area contributed by atoms with Gasteiger partial charge in [-0.15, -0.1) is 0 Å². The van der Waals surface area contributed by atoms with Crippen molar-refractivity contribution >= 4 is 0 Å². The number of hydrogen-bond acceptors (Lipinski definition) is 2. The number of allylic oxidation sites excluding steroid dienone is 7. The minimum absolute atomic E-state index is 0.705. The second-order valence-electron chi connectivity index (χ2n) is 19.2. The van der Waals surface area contributed by atoms with Crippen LogP contribution in [0.4, 0.5) is 0 Å². The Morgan fingerprint density at radius 2 is 1.44 bits per heavy atom. The molecule has 2 heterocycles. The molecule has 10 aliphatic rings. The molecule has 10 rings (SSSR count). The van der Waals surface area contributed by atoms with E-state index in [0.29, 0.717) is 5.92 Å². The first-order valence-corrected chi connectivity index (χ1v) is 22.4. The summed E-state index contributed by atoms with van der Waals surface area (Å²) in [4.78, 5) is 6.34. The lowest BCUT2D eigenvalue weighted by molar-refractivity contribution is 0.0752. The Kier molecular flexibility index (Phi) is 9.33. The largest absolute Gasteiger partial charge is 0.368 e. The molecular weight excluding hydrogens is 605 g/mol. The van der Waals surface area contributed by atoms with Gasteiger partial charge in [0.1, 0.15) is 0 Å². The van der Waals surface area contributed by atoms with Crippen LogP contribution in [0.25, 0.3) is 0 Å². The van der Waals surface area contributed by atoms with E-state index in [1.165, 1.54) is 154 Å². The van der Waals surface area contributed by atoms with Crippen molar-refractivity contribution in [2.24, 2.45) is 41.4 Å². The third-order valence-corrected chi connectivity index (χ3v) is 16.7. The fraction of sp³-hybridized carbons (Fsp3) is 0.750. The van der Waals surface area contributed by atoms with Crippen LogP contribution in [-0.2, 0) is 0 Å². The second-order valence-corrected chi connectivity index (χ2v) is 19.2. The van der Waals surface area contributed by atoms with Crippen LogP contribution in [0.2, 0.25) is 0 Å². The van der Waals surface area contributed by atoms with Crippen LogP contribution < -0.4 is 0 Å². The monoisotopic (exact) mass is 673 g/mol. The molecule has 3 fully saturated rings. The van der Waals surface area contributed by atoms with Gasteiger partial charge >= 0.3 is 0 Å². The summed E-state index contributed by atoms with van der Waals surface area (Å²) >= 11 is 0. The maximum absolute atomic E-state index is 3.18. The topological polar surface area (TPSA) is 6.48 Å². The number of fused-ring (bicyclic) bond motifs is 5. The van der Waals surface area contributed by atoms with Crippen molar-refractivity contribution in [1.82, 2.24) is 9.80 Å². The van der Waals surface area contributed by atoms with Crippen LogP contribution in [0, 0.1) is 41.4 Å². The first kappa shape index (κ1) is 32.8. The first-order chi connectivity index (χ1) is 24.8. The zero-order valence-electron chi connectivity index (χ0n) is 31.4. The van der Waals surface area contributed by atoms with E-state index in [0.717, 1.165) is 65.7 Å². The zero-order chi connectivity index (χ0) is 33.0. The summed E-state index contributed by atoms with van der Waals surface area (Å²) in [6.07, 6.45) is 54.9. The third-order valence-electron chi connectivity index (χ3n) is 16.7. The molecule has 2 saturated carbocycles. The Labute approximate surface area is 305 Å². The maximum atomic E-state index is 3.18. The summed E-state index contributed by atoms with van der Waals surface area (Å²) in [6, 6.07) is 3.90. The van der Waals surface area contributed by atoms with Gasteiger partial charge in [0.25, 0.3) is 0 Å². The van der Waals surface area contributed by atoms with Crippen molar-refractivity contribution < 1.29 is 0 Å². The highest BCUT2D eigenvalue weighted by Gasteiger charge is 2.52. The minimum atomic E-state index is 0.705. The molecule has 11 unspecified atom stereocenters. The van der Waals surface area contributed by atoms with E-state index in [2.05, 4.69) is 58.4 Å². The number of nitrogens with zero attached hydrogens (tertiary/aromatic N) is 2. The fourth-order valence-corrected chi connectivity index (χ4v) is 14.5. The molecule has 0 radical (unpaired) electrons. The van der Waals surface area contributed by atoms with Crippen molar-refractivity contribution in [2.45, 2.75) is 184 Å². The molecule has 0 amide bonds. The number of likely N-dealkylation sites (tertiary alicyclic amines) is 1. The lowest BCUT2D eigenvalue weighted by Crippen LogP contribution is -2.47. The molecule has 0 aromatic heterocycles. The van der Waals surface area contributed by atoms with Crippen molar-refractivity contribution in [2.75, 3.05) is 0 Å². The molecule has 2 nitrogen and oxygen atoms in total. The summed E-state index contributed by atoms with van der Waals surface area (Å²) in [5.74, 6) is 5.93. The van der Waals surface area contributed by atoms with E-state index in [-0.39, 0.29) is 0 Å². The van der Waals surface area contributed by atoms with E-state index >= 15 is 0 Å². The molecule has 0 aromatic rings. The Morgan fingerprint density at radius 1 is 0.600 bits per heavy atom. The predicted octanol–water partition coefficient (Wildman–Crippen LogP) is 12.0. The average Bonchev–Trinajstić information content (AvgIpc) is 3.71. The Morgan fingerprint density at radius 3 is 2.30 bits per heavy atom. The number of hydrogen-bond donors (Lipinski definition) is 0. The standard InChI is InChI=1S/C48H68N2/c1-4-14-33(15-5-1)37-28-38(34-16-6-2-7-17-34)30-40(29-37)50-46-23-13-11-21-42(46)44-31-35(25-27-47(44)50)36-24-26-43-41-20-10-12-22-45(41)49(48(43)32-36)39-18-8-3-9-19-39/h1,3-4,8,11,21,26,28,33-37,39-42,45-46,48H,2,5-7,9-10,12-20,22-25,27,29-32H2. The lowest BCUT2D eigenvalue weighted by Gasteiger charge is -2.46. The van der Waals surface area contributed by atoms with E-state index in [1.807, 2.05) is 22.4 Å². The van der Waals surface area contributed by atoms with Gasteiger partial charge in [0.2, 0.25) is 0 Å². The van der Waals surface area contributed by atoms with Gasteiger partial charge in [-0.3, -0.25) is 4.90 Å². The highest BCUT2D eigenvalue weighted by atomic mass is 15.3. The Hall–Kier alpha value is -1.80. The van der Waals surface area contributed by atoms with E-state index in [4.69, 9.17) is 0 Å². The van der Waals surface area contributed by atoms with Gasteiger partial charge in [-0.1, -0.05) is 91.9 Å². The van der Waals surface area contributed by atoms with Crippen LogP contribution in [0.5, 0.6) is 0 Å². The predicted molar refractivity (Wildman–Crippen MR) is 208 cm³/mol. The van der Waals surface area contributed by atoms with Crippen LogP contribution >= 0.6 is 0 Å². The summed E-state index contributed by atoms with van der Waals surface area (Å²) in [7, 11) is 0. The highest BCUT2D eigenvalue weighted by molar-refractivity contribution is 5.36. The molecule has 50 heavy (non-hydrogen) atoms. The molecule has 11 atom stereocenters. The molecule has 0 N–H and O–H groups in total. The highest BCUT2D eigenvalue weighted by Crippen LogP contribution is 2.56. The van der Waals surface area contributed by atoms with Crippen molar-refractivity contribution in [1.29, 1.82) is 0 Å². The summed E-state index contributed by atoms with van der Waals surface area (Å²) in [5, 5.41) is 0. The van der Waals surface area contributed by atoms with Gasteiger partial charge < -0.3 is 4.90 Å². The van der Waals surface area contributed by atoms with Crippen LogP contribution in [0.1, 0.15) is 154 Å². The fourth-order valence-electron chi connectivity index (χ4n) is 14.5. The van der Waals surface area contributed by atoms with Crippen LogP contribution in [-0.4, -0.2) is 40.0 Å². The zero-order valence-corrected chi connectivity index (χ0v) is 31.4. The smallest absolute Gasteiger partial charge is 0.0393 e. The lowest BCUT2D eigenvalue weighted by atomic mass is 9.69. The third kappa shape index (κ3) is 5.93. The molecule has 8 aliphatic carbocycles. The number of rotatable bonds is 5. The maximum Gasteiger partial charge on any atom is 0.0393 e.